The highest BCUT2D eigenvalue weighted by atomic mass is 32.1. The van der Waals surface area contributed by atoms with Gasteiger partial charge in [-0.25, -0.2) is 0 Å². The molecule has 2 aromatic heterocycles. The van der Waals surface area contributed by atoms with Gasteiger partial charge in [-0.3, -0.25) is 14.6 Å². The Labute approximate surface area is 111 Å². The third-order valence-corrected chi connectivity index (χ3v) is 4.26. The second-order valence-electron chi connectivity index (χ2n) is 4.83. The highest BCUT2D eigenvalue weighted by molar-refractivity contribution is 7.71. The SMILES string of the molecule is CCC1(n2c(-c3ccccn3)n[nH]c2=S)CCC1. The molecule has 1 saturated carbocycles. The van der Waals surface area contributed by atoms with Gasteiger partial charge >= 0.3 is 0 Å². The first kappa shape index (κ1) is 11.6. The molecule has 0 aliphatic heterocycles. The summed E-state index contributed by atoms with van der Waals surface area (Å²) in [6, 6.07) is 5.86. The maximum absolute atomic E-state index is 5.40. The Morgan fingerprint density at radius 2 is 2.28 bits per heavy atom. The standard InChI is InChI=1S/C13H16N4S/c1-2-13(7-5-8-13)17-11(15-16-12(17)18)10-6-3-4-9-14-10/h3-4,6,9H,2,5,7-8H2,1H3,(H,16,18). The van der Waals surface area contributed by atoms with Crippen molar-refractivity contribution in [1.29, 1.82) is 0 Å². The summed E-state index contributed by atoms with van der Waals surface area (Å²) < 4.78 is 2.88. The van der Waals surface area contributed by atoms with Crippen LogP contribution in [0.2, 0.25) is 0 Å². The van der Waals surface area contributed by atoms with Gasteiger partial charge < -0.3 is 0 Å². The average Bonchev–Trinajstić information content (AvgIpc) is 2.73. The van der Waals surface area contributed by atoms with Crippen molar-refractivity contribution >= 4 is 12.2 Å². The Hall–Kier alpha value is -1.49. The normalized spacial score (nSPS) is 17.4. The molecule has 5 heteroatoms. The van der Waals surface area contributed by atoms with E-state index in [1.807, 2.05) is 18.2 Å². The molecule has 2 heterocycles. The van der Waals surface area contributed by atoms with Crippen molar-refractivity contribution < 1.29 is 0 Å². The van der Waals surface area contributed by atoms with E-state index in [1.54, 1.807) is 6.20 Å². The van der Waals surface area contributed by atoms with Crippen LogP contribution in [-0.2, 0) is 5.54 Å². The maximum atomic E-state index is 5.40. The first-order valence-electron chi connectivity index (χ1n) is 6.36. The van der Waals surface area contributed by atoms with Crippen LogP contribution in [0.15, 0.2) is 24.4 Å². The van der Waals surface area contributed by atoms with Crippen molar-refractivity contribution in [2.24, 2.45) is 0 Å². The Balaban J connectivity index is 2.16. The molecule has 0 radical (unpaired) electrons. The number of H-pyrrole nitrogens is 1. The minimum atomic E-state index is 0.150. The Kier molecular flexibility index (Phi) is 2.78. The molecule has 0 bridgehead atoms. The van der Waals surface area contributed by atoms with E-state index in [1.165, 1.54) is 19.3 Å². The summed E-state index contributed by atoms with van der Waals surface area (Å²) >= 11 is 5.40. The van der Waals surface area contributed by atoms with Gasteiger partial charge in [0, 0.05) is 11.7 Å². The molecule has 94 valence electrons. The fraction of sp³-hybridized carbons (Fsp3) is 0.462. The van der Waals surface area contributed by atoms with Crippen molar-refractivity contribution in [3.63, 3.8) is 0 Å². The van der Waals surface area contributed by atoms with Gasteiger partial charge in [-0.15, -0.1) is 0 Å². The monoisotopic (exact) mass is 260 g/mol. The molecule has 0 atom stereocenters. The third kappa shape index (κ3) is 1.61. The predicted octanol–water partition coefficient (Wildman–Crippen LogP) is 3.29. The number of aromatic nitrogens is 4. The summed E-state index contributed by atoms with van der Waals surface area (Å²) in [5.41, 5.74) is 1.03. The van der Waals surface area contributed by atoms with Crippen LogP contribution in [0.4, 0.5) is 0 Å². The van der Waals surface area contributed by atoms with Crippen molar-refractivity contribution in [3.05, 3.63) is 29.2 Å². The third-order valence-electron chi connectivity index (χ3n) is 3.98. The van der Waals surface area contributed by atoms with E-state index in [9.17, 15) is 0 Å². The van der Waals surface area contributed by atoms with Crippen molar-refractivity contribution in [1.82, 2.24) is 19.7 Å². The van der Waals surface area contributed by atoms with Gasteiger partial charge in [0.1, 0.15) is 5.69 Å². The first-order chi connectivity index (χ1) is 8.77. The molecule has 0 spiro atoms. The molecule has 1 aliphatic carbocycles. The van der Waals surface area contributed by atoms with Gasteiger partial charge in [-0.05, 0) is 50.0 Å². The molecule has 0 unspecified atom stereocenters. The molecule has 0 amide bonds. The minimum Gasteiger partial charge on any atom is -0.293 e. The number of pyridine rings is 1. The lowest BCUT2D eigenvalue weighted by molar-refractivity contribution is 0.136. The molecule has 1 N–H and O–H groups in total. The largest absolute Gasteiger partial charge is 0.293 e. The predicted molar refractivity (Wildman–Crippen MR) is 72.8 cm³/mol. The van der Waals surface area contributed by atoms with Crippen LogP contribution in [0.3, 0.4) is 0 Å². The molecule has 1 aliphatic rings. The molecule has 4 nitrogen and oxygen atoms in total. The molecule has 18 heavy (non-hydrogen) atoms. The molecule has 0 aromatic carbocycles. The summed E-state index contributed by atoms with van der Waals surface area (Å²) in [6.07, 6.45) is 6.49. The fourth-order valence-electron chi connectivity index (χ4n) is 2.72. The number of nitrogens with zero attached hydrogens (tertiary/aromatic N) is 3. The Morgan fingerprint density at radius 3 is 2.83 bits per heavy atom. The van der Waals surface area contributed by atoms with E-state index in [-0.39, 0.29) is 5.54 Å². The smallest absolute Gasteiger partial charge is 0.196 e. The number of nitrogens with one attached hydrogen (secondary N) is 1. The number of rotatable bonds is 3. The van der Waals surface area contributed by atoms with E-state index < -0.39 is 0 Å². The topological polar surface area (TPSA) is 46.5 Å². The molecule has 1 fully saturated rings. The summed E-state index contributed by atoms with van der Waals surface area (Å²) in [7, 11) is 0. The van der Waals surface area contributed by atoms with E-state index >= 15 is 0 Å². The van der Waals surface area contributed by atoms with Crippen molar-refractivity contribution in [3.8, 4) is 11.5 Å². The van der Waals surface area contributed by atoms with Gasteiger partial charge in [0.05, 0.1) is 0 Å². The first-order valence-corrected chi connectivity index (χ1v) is 6.77. The maximum Gasteiger partial charge on any atom is 0.196 e. The Bertz CT molecular complexity index is 589. The van der Waals surface area contributed by atoms with Gasteiger partial charge in [0.25, 0.3) is 0 Å². The van der Waals surface area contributed by atoms with Gasteiger partial charge in [0.15, 0.2) is 10.6 Å². The molecular weight excluding hydrogens is 244 g/mol. The van der Waals surface area contributed by atoms with Crippen LogP contribution in [0.5, 0.6) is 0 Å². The quantitative estimate of drug-likeness (QED) is 0.861. The van der Waals surface area contributed by atoms with E-state index in [0.717, 1.165) is 17.9 Å². The lowest BCUT2D eigenvalue weighted by Crippen LogP contribution is -2.40. The summed E-state index contributed by atoms with van der Waals surface area (Å²) in [4.78, 5) is 4.38. The second kappa shape index (κ2) is 4.31. The van der Waals surface area contributed by atoms with Crippen molar-refractivity contribution in [2.75, 3.05) is 0 Å². The molecule has 3 rings (SSSR count). The van der Waals surface area contributed by atoms with Crippen LogP contribution in [-0.4, -0.2) is 19.7 Å². The highest BCUT2D eigenvalue weighted by Crippen LogP contribution is 2.43. The zero-order valence-electron chi connectivity index (χ0n) is 10.4. The lowest BCUT2D eigenvalue weighted by atomic mass is 9.74. The minimum absolute atomic E-state index is 0.150. The fourth-order valence-corrected chi connectivity index (χ4v) is 3.05. The zero-order chi connectivity index (χ0) is 12.6. The zero-order valence-corrected chi connectivity index (χ0v) is 11.2. The van der Waals surface area contributed by atoms with Gasteiger partial charge in [0.2, 0.25) is 0 Å². The Morgan fingerprint density at radius 1 is 1.44 bits per heavy atom. The molecule has 0 saturated heterocycles. The summed E-state index contributed by atoms with van der Waals surface area (Å²) in [5.74, 6) is 0.863. The number of hydrogen-bond acceptors (Lipinski definition) is 3. The number of aromatic amines is 1. The average molecular weight is 260 g/mol. The second-order valence-corrected chi connectivity index (χ2v) is 5.22. The van der Waals surface area contributed by atoms with Crippen LogP contribution in [0, 0.1) is 4.77 Å². The van der Waals surface area contributed by atoms with Crippen molar-refractivity contribution in [2.45, 2.75) is 38.1 Å². The number of hydrogen-bond donors (Lipinski definition) is 1. The van der Waals surface area contributed by atoms with E-state index in [2.05, 4.69) is 26.7 Å². The van der Waals surface area contributed by atoms with E-state index in [0.29, 0.717) is 4.77 Å². The molecule has 2 aromatic rings. The molecular formula is C13H16N4S. The van der Waals surface area contributed by atoms with Gasteiger partial charge in [-0.2, -0.15) is 5.10 Å². The van der Waals surface area contributed by atoms with Gasteiger partial charge in [-0.1, -0.05) is 13.0 Å². The summed E-state index contributed by atoms with van der Waals surface area (Å²) in [6.45, 7) is 2.22. The summed E-state index contributed by atoms with van der Waals surface area (Å²) in [5, 5.41) is 7.28. The van der Waals surface area contributed by atoms with Crippen LogP contribution in [0.1, 0.15) is 32.6 Å². The lowest BCUT2D eigenvalue weighted by Gasteiger charge is -2.42. The van der Waals surface area contributed by atoms with Crippen LogP contribution < -0.4 is 0 Å². The van der Waals surface area contributed by atoms with E-state index in [4.69, 9.17) is 12.2 Å². The van der Waals surface area contributed by atoms with Crippen LogP contribution >= 0.6 is 12.2 Å². The highest BCUT2D eigenvalue weighted by Gasteiger charge is 2.39. The van der Waals surface area contributed by atoms with Crippen LogP contribution in [0.25, 0.3) is 11.5 Å².